The molecule has 2 aliphatic heterocycles. The maximum Gasteiger partial charge on any atom is 0.126 e. The first kappa shape index (κ1) is 27.3. The van der Waals surface area contributed by atoms with Crippen LogP contribution in [0, 0.1) is 21.7 Å². The molecule has 4 rings (SSSR count). The van der Waals surface area contributed by atoms with E-state index in [0.717, 1.165) is 24.7 Å². The Morgan fingerprint density at radius 2 is 0.972 bits per heavy atom. The number of ether oxygens (including phenoxy) is 2. The highest BCUT2D eigenvalue weighted by Crippen LogP contribution is 2.51. The molecule has 0 radical (unpaired) electrons. The van der Waals surface area contributed by atoms with E-state index in [1.54, 1.807) is 21.6 Å². The van der Waals surface area contributed by atoms with E-state index < -0.39 is 0 Å². The average Bonchev–Trinajstić information content (AvgIpc) is 3.27. The van der Waals surface area contributed by atoms with Gasteiger partial charge in [-0.1, -0.05) is 115 Å². The lowest BCUT2D eigenvalue weighted by atomic mass is 9.71. The summed E-state index contributed by atoms with van der Waals surface area (Å²) in [4.78, 5) is 2.45. The van der Waals surface area contributed by atoms with Gasteiger partial charge in [0.15, 0.2) is 0 Å². The highest BCUT2D eigenvalue weighted by atomic mass is 33.1. The van der Waals surface area contributed by atoms with Crippen molar-refractivity contribution in [1.82, 2.24) is 0 Å². The van der Waals surface area contributed by atoms with Gasteiger partial charge in [-0.2, -0.15) is 0 Å². The van der Waals surface area contributed by atoms with E-state index in [1.165, 1.54) is 32.1 Å². The Kier molecular flexibility index (Phi) is 7.20. The van der Waals surface area contributed by atoms with E-state index in [4.69, 9.17) is 9.47 Å². The van der Waals surface area contributed by atoms with E-state index in [2.05, 4.69) is 118 Å². The van der Waals surface area contributed by atoms with Crippen molar-refractivity contribution in [2.45, 2.75) is 79.0 Å². The molecule has 4 heteroatoms. The summed E-state index contributed by atoms with van der Waals surface area (Å²) in [7, 11) is 3.59. The van der Waals surface area contributed by atoms with Crippen molar-refractivity contribution in [3.8, 4) is 0 Å². The Balaban J connectivity index is 1.58. The predicted molar refractivity (Wildman–Crippen MR) is 157 cm³/mol. The standard InChI is InChI=1S/C32H42O2S2/c1-29(2,3)27-25(33-19-31(27,7)8)21-13-11-15-23(17-21)35-36-24-16-12-14-22(18-24)26-28(30(4,5)6)32(9,10)20-34-26/h11-18H,19-20H2,1-10H3. The average molecular weight is 523 g/mol. The van der Waals surface area contributed by atoms with Crippen LogP contribution in [0.25, 0.3) is 11.5 Å². The Labute approximate surface area is 226 Å². The lowest BCUT2D eigenvalue weighted by Crippen LogP contribution is -2.24. The van der Waals surface area contributed by atoms with Gasteiger partial charge >= 0.3 is 0 Å². The normalized spacial score (nSPS) is 19.5. The summed E-state index contributed by atoms with van der Waals surface area (Å²) in [5.74, 6) is 2.12. The molecule has 0 aromatic heterocycles. The molecule has 36 heavy (non-hydrogen) atoms. The van der Waals surface area contributed by atoms with Crippen LogP contribution in [0.2, 0.25) is 0 Å². The molecule has 0 saturated heterocycles. The second-order valence-corrected chi connectivity index (χ2v) is 15.8. The van der Waals surface area contributed by atoms with E-state index in [1.807, 2.05) is 0 Å². The largest absolute Gasteiger partial charge is 0.492 e. The summed E-state index contributed by atoms with van der Waals surface area (Å²) in [5.41, 5.74) is 5.36. The van der Waals surface area contributed by atoms with Gasteiger partial charge < -0.3 is 9.47 Å². The van der Waals surface area contributed by atoms with Crippen LogP contribution in [-0.2, 0) is 9.47 Å². The minimum absolute atomic E-state index is 0.0450. The molecule has 2 nitrogen and oxygen atoms in total. The molecule has 0 saturated carbocycles. The first-order valence-corrected chi connectivity index (χ1v) is 15.1. The molecule has 2 aromatic rings. The third-order valence-corrected chi connectivity index (χ3v) is 9.27. The van der Waals surface area contributed by atoms with Crippen LogP contribution in [0.5, 0.6) is 0 Å². The van der Waals surface area contributed by atoms with Crippen LogP contribution < -0.4 is 0 Å². The van der Waals surface area contributed by atoms with Crippen LogP contribution in [0.1, 0.15) is 80.4 Å². The molecule has 0 N–H and O–H groups in total. The summed E-state index contributed by atoms with van der Waals surface area (Å²) in [6.45, 7) is 24.4. The van der Waals surface area contributed by atoms with Crippen LogP contribution >= 0.6 is 21.6 Å². The van der Waals surface area contributed by atoms with Crippen LogP contribution in [-0.4, -0.2) is 13.2 Å². The number of rotatable bonds is 5. The van der Waals surface area contributed by atoms with E-state index in [9.17, 15) is 0 Å². The van der Waals surface area contributed by atoms with Gasteiger partial charge in [-0.3, -0.25) is 0 Å². The summed E-state index contributed by atoms with van der Waals surface area (Å²) in [6, 6.07) is 17.6. The second-order valence-electron chi connectivity index (χ2n) is 13.5. The SMILES string of the molecule is CC(C)(C)C1=C(c2cccc(SSc3cccc(C4=C(C(C)(C)C)C(C)(C)CO4)c3)c2)OCC1(C)C. The monoisotopic (exact) mass is 522 g/mol. The molecule has 2 aromatic carbocycles. The summed E-state index contributed by atoms with van der Waals surface area (Å²) in [5, 5.41) is 0. The van der Waals surface area contributed by atoms with Crippen LogP contribution in [0.15, 0.2) is 69.5 Å². The Bertz CT molecular complexity index is 1110. The zero-order valence-corrected chi connectivity index (χ0v) is 25.3. The van der Waals surface area contributed by atoms with Gasteiger partial charge in [0.1, 0.15) is 11.5 Å². The molecule has 0 amide bonds. The topological polar surface area (TPSA) is 18.5 Å². The molecule has 2 aliphatic rings. The lowest BCUT2D eigenvalue weighted by molar-refractivity contribution is 0.213. The van der Waals surface area contributed by atoms with Crippen molar-refractivity contribution in [1.29, 1.82) is 0 Å². The van der Waals surface area contributed by atoms with Crippen molar-refractivity contribution >= 4 is 33.1 Å². The smallest absolute Gasteiger partial charge is 0.126 e. The zero-order valence-electron chi connectivity index (χ0n) is 23.7. The predicted octanol–water partition coefficient (Wildman–Crippen LogP) is 10.1. The fourth-order valence-electron chi connectivity index (χ4n) is 6.05. The molecular formula is C32H42O2S2. The van der Waals surface area contributed by atoms with Gasteiger partial charge in [0.25, 0.3) is 0 Å². The fraction of sp³-hybridized carbons (Fsp3) is 0.500. The molecule has 2 heterocycles. The first-order chi connectivity index (χ1) is 16.6. The number of benzene rings is 2. The fourth-order valence-corrected chi connectivity index (χ4v) is 8.06. The van der Waals surface area contributed by atoms with Gasteiger partial charge in [0, 0.05) is 31.7 Å². The third kappa shape index (κ3) is 5.55. The zero-order chi connectivity index (χ0) is 26.5. The lowest BCUT2D eigenvalue weighted by Gasteiger charge is -2.31. The minimum Gasteiger partial charge on any atom is -0.492 e. The molecule has 0 fully saturated rings. The highest BCUT2D eigenvalue weighted by Gasteiger charge is 2.42. The number of hydrogen-bond donors (Lipinski definition) is 0. The maximum atomic E-state index is 6.28. The molecular weight excluding hydrogens is 480 g/mol. The third-order valence-electron chi connectivity index (χ3n) is 6.89. The first-order valence-electron chi connectivity index (χ1n) is 12.9. The van der Waals surface area contributed by atoms with E-state index >= 15 is 0 Å². The molecule has 0 bridgehead atoms. The molecule has 0 unspecified atom stereocenters. The van der Waals surface area contributed by atoms with Crippen molar-refractivity contribution in [3.05, 3.63) is 70.8 Å². The van der Waals surface area contributed by atoms with Gasteiger partial charge in [0.05, 0.1) is 13.2 Å². The number of hydrogen-bond acceptors (Lipinski definition) is 4. The van der Waals surface area contributed by atoms with Gasteiger partial charge in [-0.15, -0.1) is 0 Å². The summed E-state index contributed by atoms with van der Waals surface area (Å²) >= 11 is 0. The molecule has 0 atom stereocenters. The summed E-state index contributed by atoms with van der Waals surface area (Å²) in [6.07, 6.45) is 0. The van der Waals surface area contributed by atoms with Crippen molar-refractivity contribution in [2.24, 2.45) is 21.7 Å². The minimum atomic E-state index is 0.0450. The summed E-state index contributed by atoms with van der Waals surface area (Å²) < 4.78 is 12.6. The van der Waals surface area contributed by atoms with Crippen molar-refractivity contribution in [3.63, 3.8) is 0 Å². The Morgan fingerprint density at radius 3 is 1.31 bits per heavy atom. The molecule has 0 aliphatic carbocycles. The van der Waals surface area contributed by atoms with Crippen LogP contribution in [0.4, 0.5) is 0 Å². The van der Waals surface area contributed by atoms with Crippen LogP contribution in [0.3, 0.4) is 0 Å². The highest BCUT2D eigenvalue weighted by molar-refractivity contribution is 8.76. The quantitative estimate of drug-likeness (QED) is 0.363. The molecule has 194 valence electrons. The van der Waals surface area contributed by atoms with E-state index in [-0.39, 0.29) is 21.7 Å². The Morgan fingerprint density at radius 1 is 0.611 bits per heavy atom. The van der Waals surface area contributed by atoms with Gasteiger partial charge in [0.2, 0.25) is 0 Å². The Hall–Kier alpha value is -1.78. The van der Waals surface area contributed by atoms with Gasteiger partial charge in [-0.25, -0.2) is 0 Å². The van der Waals surface area contributed by atoms with Crippen molar-refractivity contribution in [2.75, 3.05) is 13.2 Å². The van der Waals surface area contributed by atoms with Gasteiger partial charge in [-0.05, 0) is 46.2 Å². The second kappa shape index (κ2) is 9.51. The maximum absolute atomic E-state index is 6.28. The van der Waals surface area contributed by atoms with E-state index in [0.29, 0.717) is 0 Å². The van der Waals surface area contributed by atoms with Crippen molar-refractivity contribution < 1.29 is 9.47 Å². The molecule has 0 spiro atoms.